The second-order valence-corrected chi connectivity index (χ2v) is 7.63. The SMILES string of the molecule is CCOc1ccccc1C(=O)NCCCC(=O)N1CCC2(CC1)CC2C(=O)O. The highest BCUT2D eigenvalue weighted by atomic mass is 16.5. The van der Waals surface area contributed by atoms with Crippen LogP contribution in [0.25, 0.3) is 0 Å². The highest BCUT2D eigenvalue weighted by Crippen LogP contribution is 2.59. The Morgan fingerprint density at radius 1 is 1.25 bits per heavy atom. The fourth-order valence-corrected chi connectivity index (χ4v) is 4.08. The summed E-state index contributed by atoms with van der Waals surface area (Å²) in [7, 11) is 0. The zero-order chi connectivity index (χ0) is 20.1. The van der Waals surface area contributed by atoms with Gasteiger partial charge in [-0.25, -0.2) is 0 Å². The van der Waals surface area contributed by atoms with Gasteiger partial charge in [0, 0.05) is 26.1 Å². The number of amides is 2. The molecule has 28 heavy (non-hydrogen) atoms. The average Bonchev–Trinajstić information content (AvgIpc) is 3.40. The molecule has 1 unspecified atom stereocenters. The molecule has 1 aliphatic heterocycles. The number of carbonyl (C=O) groups is 3. The monoisotopic (exact) mass is 388 g/mol. The van der Waals surface area contributed by atoms with Crippen LogP contribution in [-0.4, -0.2) is 54.0 Å². The summed E-state index contributed by atoms with van der Waals surface area (Å²) in [6.07, 6.45) is 3.25. The van der Waals surface area contributed by atoms with Crippen LogP contribution in [0.1, 0.15) is 49.4 Å². The third-order valence-corrected chi connectivity index (χ3v) is 5.88. The summed E-state index contributed by atoms with van der Waals surface area (Å²) in [6, 6.07) is 7.10. The number of nitrogens with one attached hydrogen (secondary N) is 1. The Morgan fingerprint density at radius 2 is 1.96 bits per heavy atom. The lowest BCUT2D eigenvalue weighted by Gasteiger charge is -2.32. The summed E-state index contributed by atoms with van der Waals surface area (Å²) < 4.78 is 5.47. The Bertz CT molecular complexity index is 740. The van der Waals surface area contributed by atoms with Gasteiger partial charge in [-0.05, 0) is 50.2 Å². The molecule has 1 saturated heterocycles. The summed E-state index contributed by atoms with van der Waals surface area (Å²) >= 11 is 0. The van der Waals surface area contributed by atoms with E-state index in [2.05, 4.69) is 5.32 Å². The molecule has 1 spiro atoms. The van der Waals surface area contributed by atoms with Crippen molar-refractivity contribution < 1.29 is 24.2 Å². The van der Waals surface area contributed by atoms with Gasteiger partial charge in [-0.2, -0.15) is 0 Å². The topological polar surface area (TPSA) is 95.9 Å². The van der Waals surface area contributed by atoms with E-state index in [4.69, 9.17) is 9.84 Å². The van der Waals surface area contributed by atoms with Gasteiger partial charge in [-0.1, -0.05) is 12.1 Å². The normalized spacial score (nSPS) is 19.9. The molecule has 2 N–H and O–H groups in total. The van der Waals surface area contributed by atoms with Gasteiger partial charge in [0.15, 0.2) is 0 Å². The first-order chi connectivity index (χ1) is 13.5. The second kappa shape index (κ2) is 8.63. The molecule has 1 atom stereocenters. The van der Waals surface area contributed by atoms with Crippen LogP contribution in [0.4, 0.5) is 0 Å². The number of ether oxygens (including phenoxy) is 1. The number of benzene rings is 1. The van der Waals surface area contributed by atoms with Crippen LogP contribution in [0.2, 0.25) is 0 Å². The number of para-hydroxylation sites is 1. The summed E-state index contributed by atoms with van der Waals surface area (Å²) in [5.74, 6) is -0.502. The summed E-state index contributed by atoms with van der Waals surface area (Å²) in [5, 5.41) is 12.0. The van der Waals surface area contributed by atoms with Gasteiger partial charge in [0.25, 0.3) is 5.91 Å². The number of piperidine rings is 1. The first kappa shape index (κ1) is 20.2. The maximum Gasteiger partial charge on any atom is 0.307 e. The van der Waals surface area contributed by atoms with Crippen LogP contribution in [-0.2, 0) is 9.59 Å². The third-order valence-electron chi connectivity index (χ3n) is 5.88. The molecule has 2 fully saturated rings. The molecule has 152 valence electrons. The predicted octanol–water partition coefficient (Wildman–Crippen LogP) is 2.31. The summed E-state index contributed by atoms with van der Waals surface area (Å²) in [4.78, 5) is 37.6. The average molecular weight is 388 g/mol. The van der Waals surface area contributed by atoms with Crippen molar-refractivity contribution in [1.82, 2.24) is 10.2 Å². The van der Waals surface area contributed by atoms with Gasteiger partial charge in [-0.15, -0.1) is 0 Å². The van der Waals surface area contributed by atoms with Gasteiger partial charge in [0.05, 0.1) is 18.1 Å². The van der Waals surface area contributed by atoms with E-state index in [0.717, 1.165) is 19.3 Å². The van der Waals surface area contributed by atoms with E-state index in [1.54, 1.807) is 18.2 Å². The van der Waals surface area contributed by atoms with Gasteiger partial charge < -0.3 is 20.1 Å². The smallest absolute Gasteiger partial charge is 0.307 e. The van der Waals surface area contributed by atoms with Gasteiger partial charge >= 0.3 is 5.97 Å². The number of carboxylic acids is 1. The molecule has 2 aliphatic rings. The molecule has 7 nitrogen and oxygen atoms in total. The van der Waals surface area contributed by atoms with E-state index >= 15 is 0 Å². The molecule has 1 aromatic carbocycles. The number of carbonyl (C=O) groups excluding carboxylic acids is 2. The van der Waals surface area contributed by atoms with E-state index in [0.29, 0.717) is 50.4 Å². The Labute approximate surface area is 165 Å². The number of rotatable bonds is 8. The van der Waals surface area contributed by atoms with Crippen LogP contribution < -0.4 is 10.1 Å². The maximum atomic E-state index is 12.4. The number of aliphatic carboxylic acids is 1. The minimum atomic E-state index is -0.707. The highest BCUT2D eigenvalue weighted by Gasteiger charge is 2.59. The Balaban J connectivity index is 1.37. The minimum absolute atomic E-state index is 0.0649. The van der Waals surface area contributed by atoms with Gasteiger partial charge in [0.2, 0.25) is 5.91 Å². The van der Waals surface area contributed by atoms with Crippen molar-refractivity contribution >= 4 is 17.8 Å². The lowest BCUT2D eigenvalue weighted by molar-refractivity contribution is -0.139. The van der Waals surface area contributed by atoms with E-state index in [1.807, 2.05) is 17.9 Å². The molecule has 2 amide bonds. The Hall–Kier alpha value is -2.57. The lowest BCUT2D eigenvalue weighted by Crippen LogP contribution is -2.40. The van der Waals surface area contributed by atoms with Crippen molar-refractivity contribution in [3.05, 3.63) is 29.8 Å². The van der Waals surface area contributed by atoms with Crippen LogP contribution in [0.3, 0.4) is 0 Å². The summed E-state index contributed by atoms with van der Waals surface area (Å²) in [6.45, 7) is 4.05. The van der Waals surface area contributed by atoms with Crippen molar-refractivity contribution in [1.29, 1.82) is 0 Å². The molecule has 1 saturated carbocycles. The molecular formula is C21H28N2O5. The minimum Gasteiger partial charge on any atom is -0.493 e. The van der Waals surface area contributed by atoms with Crippen molar-refractivity contribution in [3.8, 4) is 5.75 Å². The van der Waals surface area contributed by atoms with E-state index in [1.165, 1.54) is 0 Å². The number of nitrogens with zero attached hydrogens (tertiary/aromatic N) is 1. The molecular weight excluding hydrogens is 360 g/mol. The first-order valence-corrected chi connectivity index (χ1v) is 9.97. The van der Waals surface area contributed by atoms with Crippen LogP contribution in [0, 0.1) is 11.3 Å². The van der Waals surface area contributed by atoms with E-state index < -0.39 is 5.97 Å². The first-order valence-electron chi connectivity index (χ1n) is 9.97. The van der Waals surface area contributed by atoms with E-state index in [9.17, 15) is 14.4 Å². The summed E-state index contributed by atoms with van der Waals surface area (Å²) in [5.41, 5.74) is 0.430. The number of hydrogen-bond donors (Lipinski definition) is 2. The molecule has 1 heterocycles. The van der Waals surface area contributed by atoms with Crippen LogP contribution in [0.15, 0.2) is 24.3 Å². The molecule has 0 bridgehead atoms. The van der Waals surface area contributed by atoms with Gasteiger partial charge in [0.1, 0.15) is 5.75 Å². The number of hydrogen-bond acceptors (Lipinski definition) is 4. The third kappa shape index (κ3) is 4.46. The zero-order valence-electron chi connectivity index (χ0n) is 16.3. The lowest BCUT2D eigenvalue weighted by atomic mass is 9.90. The van der Waals surface area contributed by atoms with Crippen LogP contribution in [0.5, 0.6) is 5.75 Å². The fraction of sp³-hybridized carbons (Fsp3) is 0.571. The molecule has 0 radical (unpaired) electrons. The highest BCUT2D eigenvalue weighted by molar-refractivity contribution is 5.96. The van der Waals surface area contributed by atoms with Gasteiger partial charge in [-0.3, -0.25) is 14.4 Å². The van der Waals surface area contributed by atoms with Crippen molar-refractivity contribution in [2.75, 3.05) is 26.2 Å². The molecule has 7 heteroatoms. The van der Waals surface area contributed by atoms with Crippen molar-refractivity contribution in [2.45, 2.75) is 39.0 Å². The van der Waals surface area contributed by atoms with Crippen LogP contribution >= 0.6 is 0 Å². The fourth-order valence-electron chi connectivity index (χ4n) is 4.08. The quantitative estimate of drug-likeness (QED) is 0.666. The Kier molecular flexibility index (Phi) is 6.21. The second-order valence-electron chi connectivity index (χ2n) is 7.63. The molecule has 1 aliphatic carbocycles. The predicted molar refractivity (Wildman–Crippen MR) is 103 cm³/mol. The zero-order valence-corrected chi connectivity index (χ0v) is 16.3. The maximum absolute atomic E-state index is 12.4. The molecule has 1 aromatic rings. The molecule has 3 rings (SSSR count). The number of likely N-dealkylation sites (tertiary alicyclic amines) is 1. The molecule has 0 aromatic heterocycles. The van der Waals surface area contributed by atoms with E-state index in [-0.39, 0.29) is 23.1 Å². The largest absolute Gasteiger partial charge is 0.493 e. The standard InChI is InChI=1S/C21H28N2O5/c1-2-28-17-7-4-3-6-15(17)19(25)22-11-5-8-18(24)23-12-9-21(10-13-23)14-16(21)20(26)27/h3-4,6-7,16H,2,5,8-14H2,1H3,(H,22,25)(H,26,27). The van der Waals surface area contributed by atoms with Crippen molar-refractivity contribution in [2.24, 2.45) is 11.3 Å². The van der Waals surface area contributed by atoms with Crippen molar-refractivity contribution in [3.63, 3.8) is 0 Å². The Morgan fingerprint density at radius 3 is 2.61 bits per heavy atom. The number of carboxylic acid groups (broad SMARTS) is 1.